The molecule has 8 heteroatoms. The first-order valence-corrected chi connectivity index (χ1v) is 9.92. The lowest BCUT2D eigenvalue weighted by atomic mass is 10.0. The van der Waals surface area contributed by atoms with E-state index in [1.165, 1.54) is 29.5 Å². The van der Waals surface area contributed by atoms with E-state index in [2.05, 4.69) is 27.8 Å². The van der Waals surface area contributed by atoms with E-state index >= 15 is 0 Å². The highest BCUT2D eigenvalue weighted by molar-refractivity contribution is 7.15. The van der Waals surface area contributed by atoms with E-state index in [4.69, 9.17) is 0 Å². The van der Waals surface area contributed by atoms with Crippen LogP contribution in [0, 0.1) is 11.7 Å². The number of carbonyl (C=O) groups is 2. The zero-order valence-electron chi connectivity index (χ0n) is 15.8. The second kappa shape index (κ2) is 10.1. The molecule has 0 aliphatic heterocycles. The minimum atomic E-state index is -0.815. The third-order valence-electron chi connectivity index (χ3n) is 4.05. The third kappa shape index (κ3) is 6.09. The first-order chi connectivity index (χ1) is 12.9. The van der Waals surface area contributed by atoms with Crippen molar-refractivity contribution in [3.8, 4) is 0 Å². The molecular formula is C19H25FN4O2S. The summed E-state index contributed by atoms with van der Waals surface area (Å²) in [4.78, 5) is 24.9. The summed E-state index contributed by atoms with van der Waals surface area (Å²) in [6.07, 6.45) is 4.12. The predicted octanol–water partition coefficient (Wildman–Crippen LogP) is 3.80. The average molecular weight is 393 g/mol. The highest BCUT2D eigenvalue weighted by Gasteiger charge is 2.26. The molecule has 1 unspecified atom stereocenters. The van der Waals surface area contributed by atoms with Crippen LogP contribution in [0.15, 0.2) is 24.3 Å². The monoisotopic (exact) mass is 392 g/mol. The van der Waals surface area contributed by atoms with E-state index in [9.17, 15) is 14.0 Å². The van der Waals surface area contributed by atoms with Gasteiger partial charge in [-0.15, -0.1) is 10.2 Å². The topological polar surface area (TPSA) is 84.0 Å². The number of anilines is 1. The standard InChI is InChI=1S/C19H25FN4O2S/c1-4-5-6-11-15-23-24-19(27-15)22-18(26)16(12(2)3)21-17(25)13-9-7-8-10-14(13)20/h7-10,12,16H,4-6,11H2,1-3H3,(H,21,25)(H,22,24,26). The maximum Gasteiger partial charge on any atom is 0.254 e. The molecule has 1 aromatic heterocycles. The van der Waals surface area contributed by atoms with Gasteiger partial charge in [0.05, 0.1) is 5.56 Å². The number of hydrogen-bond donors (Lipinski definition) is 2. The van der Waals surface area contributed by atoms with Crippen molar-refractivity contribution in [1.29, 1.82) is 0 Å². The van der Waals surface area contributed by atoms with Crippen molar-refractivity contribution in [3.63, 3.8) is 0 Å². The van der Waals surface area contributed by atoms with Crippen molar-refractivity contribution in [2.24, 2.45) is 5.92 Å². The fraction of sp³-hybridized carbons (Fsp3) is 0.474. The fourth-order valence-electron chi connectivity index (χ4n) is 2.51. The minimum absolute atomic E-state index is 0.0925. The molecule has 146 valence electrons. The van der Waals surface area contributed by atoms with Crippen molar-refractivity contribution in [2.75, 3.05) is 5.32 Å². The molecule has 0 saturated carbocycles. The lowest BCUT2D eigenvalue weighted by molar-refractivity contribution is -0.118. The molecule has 0 aliphatic rings. The summed E-state index contributed by atoms with van der Waals surface area (Å²) in [5, 5.41) is 14.7. The molecule has 0 spiro atoms. The van der Waals surface area contributed by atoms with E-state index in [0.717, 1.165) is 30.7 Å². The smallest absolute Gasteiger partial charge is 0.254 e. The number of aryl methyl sites for hydroxylation is 1. The van der Waals surface area contributed by atoms with E-state index < -0.39 is 23.7 Å². The number of rotatable bonds is 9. The van der Waals surface area contributed by atoms with Gasteiger partial charge in [-0.05, 0) is 24.5 Å². The van der Waals surface area contributed by atoms with Crippen molar-refractivity contribution in [1.82, 2.24) is 15.5 Å². The van der Waals surface area contributed by atoms with Crippen LogP contribution >= 0.6 is 11.3 Å². The van der Waals surface area contributed by atoms with Crippen LogP contribution in [0.3, 0.4) is 0 Å². The molecule has 1 heterocycles. The zero-order valence-corrected chi connectivity index (χ0v) is 16.6. The van der Waals surface area contributed by atoms with Gasteiger partial charge in [-0.25, -0.2) is 4.39 Å². The minimum Gasteiger partial charge on any atom is -0.340 e. The first-order valence-electron chi connectivity index (χ1n) is 9.11. The van der Waals surface area contributed by atoms with Gasteiger partial charge in [0.2, 0.25) is 11.0 Å². The number of hydrogen-bond acceptors (Lipinski definition) is 5. The third-order valence-corrected chi connectivity index (χ3v) is 4.94. The van der Waals surface area contributed by atoms with E-state index in [1.807, 2.05) is 13.8 Å². The van der Waals surface area contributed by atoms with Crippen molar-refractivity contribution < 1.29 is 14.0 Å². The van der Waals surface area contributed by atoms with Crippen LogP contribution in [0.25, 0.3) is 0 Å². The highest BCUT2D eigenvalue weighted by atomic mass is 32.1. The van der Waals surface area contributed by atoms with E-state index in [-0.39, 0.29) is 11.5 Å². The van der Waals surface area contributed by atoms with Gasteiger partial charge in [0, 0.05) is 6.42 Å². The number of nitrogens with zero attached hydrogens (tertiary/aromatic N) is 2. The second-order valence-electron chi connectivity index (χ2n) is 6.62. The lowest BCUT2D eigenvalue weighted by Crippen LogP contribution is -2.47. The number of unbranched alkanes of at least 4 members (excludes halogenated alkanes) is 2. The number of amides is 2. The van der Waals surface area contributed by atoms with Gasteiger partial charge in [-0.3, -0.25) is 14.9 Å². The molecule has 1 atom stereocenters. The molecule has 2 rings (SSSR count). The highest BCUT2D eigenvalue weighted by Crippen LogP contribution is 2.18. The van der Waals surface area contributed by atoms with Gasteiger partial charge in [0.15, 0.2) is 0 Å². The maximum absolute atomic E-state index is 13.8. The molecule has 2 amide bonds. The van der Waals surface area contributed by atoms with Gasteiger partial charge in [-0.1, -0.05) is 57.1 Å². The number of aromatic nitrogens is 2. The first kappa shape index (κ1) is 21.0. The van der Waals surface area contributed by atoms with Crippen LogP contribution in [0.4, 0.5) is 9.52 Å². The van der Waals surface area contributed by atoms with Gasteiger partial charge >= 0.3 is 0 Å². The van der Waals surface area contributed by atoms with E-state index in [0.29, 0.717) is 5.13 Å². The summed E-state index contributed by atoms with van der Waals surface area (Å²) >= 11 is 1.33. The predicted molar refractivity (Wildman–Crippen MR) is 104 cm³/mol. The Bertz CT molecular complexity index is 779. The molecule has 2 aromatic rings. The average Bonchev–Trinajstić information content (AvgIpc) is 3.07. The lowest BCUT2D eigenvalue weighted by Gasteiger charge is -2.21. The molecular weight excluding hydrogens is 367 g/mol. The second-order valence-corrected chi connectivity index (χ2v) is 7.68. The molecule has 0 bridgehead atoms. The largest absolute Gasteiger partial charge is 0.340 e. The Balaban J connectivity index is 2.00. The van der Waals surface area contributed by atoms with Crippen LogP contribution in [0.5, 0.6) is 0 Å². The van der Waals surface area contributed by atoms with Crippen LogP contribution < -0.4 is 10.6 Å². The van der Waals surface area contributed by atoms with Crippen LogP contribution in [0.2, 0.25) is 0 Å². The molecule has 1 aromatic carbocycles. The summed E-state index contributed by atoms with van der Waals surface area (Å²) in [7, 11) is 0. The summed E-state index contributed by atoms with van der Waals surface area (Å²) in [5.74, 6) is -1.83. The van der Waals surface area contributed by atoms with Crippen LogP contribution in [-0.2, 0) is 11.2 Å². The van der Waals surface area contributed by atoms with Crippen molar-refractivity contribution in [3.05, 3.63) is 40.7 Å². The van der Waals surface area contributed by atoms with Gasteiger partial charge in [0.1, 0.15) is 16.9 Å². The molecule has 0 aliphatic carbocycles. The van der Waals surface area contributed by atoms with Crippen molar-refractivity contribution >= 4 is 28.3 Å². The number of carbonyl (C=O) groups excluding carboxylic acids is 2. The fourth-order valence-corrected chi connectivity index (χ4v) is 3.30. The van der Waals surface area contributed by atoms with Gasteiger partial charge < -0.3 is 5.32 Å². The number of benzene rings is 1. The van der Waals surface area contributed by atoms with Crippen LogP contribution in [-0.4, -0.2) is 28.1 Å². The number of halogens is 1. The Labute approximate surface area is 162 Å². The Morgan fingerprint density at radius 3 is 2.59 bits per heavy atom. The van der Waals surface area contributed by atoms with Crippen LogP contribution in [0.1, 0.15) is 55.4 Å². The number of nitrogens with one attached hydrogen (secondary N) is 2. The summed E-state index contributed by atoms with van der Waals surface area (Å²) in [6, 6.07) is 4.86. The molecule has 0 saturated heterocycles. The molecule has 6 nitrogen and oxygen atoms in total. The quantitative estimate of drug-likeness (QED) is 0.636. The Kier molecular flexibility index (Phi) is 7.84. The zero-order chi connectivity index (χ0) is 19.8. The summed E-state index contributed by atoms with van der Waals surface area (Å²) in [6.45, 7) is 5.75. The SMILES string of the molecule is CCCCCc1nnc(NC(=O)C(NC(=O)c2ccccc2F)C(C)C)s1. The van der Waals surface area contributed by atoms with E-state index in [1.54, 1.807) is 6.07 Å². The molecule has 0 fully saturated rings. The van der Waals surface area contributed by atoms with Crippen molar-refractivity contribution in [2.45, 2.75) is 52.5 Å². The normalized spacial score (nSPS) is 12.0. The van der Waals surface area contributed by atoms with Gasteiger partial charge in [0.25, 0.3) is 5.91 Å². The Morgan fingerprint density at radius 2 is 1.93 bits per heavy atom. The Hall–Kier alpha value is -2.35. The summed E-state index contributed by atoms with van der Waals surface area (Å²) < 4.78 is 13.8. The Morgan fingerprint density at radius 1 is 1.19 bits per heavy atom. The molecule has 0 radical (unpaired) electrons. The molecule has 27 heavy (non-hydrogen) atoms. The molecule has 2 N–H and O–H groups in total. The summed E-state index contributed by atoms with van der Waals surface area (Å²) in [5.41, 5.74) is -0.0925. The van der Waals surface area contributed by atoms with Gasteiger partial charge in [-0.2, -0.15) is 0 Å². The maximum atomic E-state index is 13.8.